The number of carbonyl (C=O) groups is 2. The topological polar surface area (TPSA) is 80.3 Å². The second-order valence-electron chi connectivity index (χ2n) is 5.74. The van der Waals surface area contributed by atoms with Crippen molar-refractivity contribution >= 4 is 34.9 Å². The lowest BCUT2D eigenvalue weighted by atomic mass is 10.2. The van der Waals surface area contributed by atoms with Crippen molar-refractivity contribution in [3.05, 3.63) is 52.8 Å². The molecule has 0 saturated carbocycles. The number of anilines is 2. The average molecular weight is 376 g/mol. The van der Waals surface area contributed by atoms with Crippen molar-refractivity contribution in [1.29, 1.82) is 0 Å². The van der Waals surface area contributed by atoms with Gasteiger partial charge in [-0.25, -0.2) is 4.79 Å². The number of ether oxygens (including phenoxy) is 1. The molecule has 7 heteroatoms. The van der Waals surface area contributed by atoms with Gasteiger partial charge in [-0.15, -0.1) is 0 Å². The lowest BCUT2D eigenvalue weighted by Gasteiger charge is -2.11. The highest BCUT2D eigenvalue weighted by Crippen LogP contribution is 2.27. The largest absolute Gasteiger partial charge is 0.465 e. The Hall–Kier alpha value is -2.60. The maximum absolute atomic E-state index is 12.2. The smallest absolute Gasteiger partial charge is 0.337 e. The fourth-order valence-electron chi connectivity index (χ4n) is 2.33. The van der Waals surface area contributed by atoms with Gasteiger partial charge in [-0.1, -0.05) is 31.4 Å². The molecule has 0 bridgehead atoms. The van der Waals surface area contributed by atoms with E-state index < -0.39 is 5.97 Å². The zero-order valence-corrected chi connectivity index (χ0v) is 15.6. The van der Waals surface area contributed by atoms with E-state index in [0.717, 1.165) is 19.3 Å². The minimum absolute atomic E-state index is 0.174. The van der Waals surface area contributed by atoms with Crippen LogP contribution >= 0.6 is 11.6 Å². The zero-order valence-electron chi connectivity index (χ0n) is 14.8. The van der Waals surface area contributed by atoms with Crippen LogP contribution in [0.4, 0.5) is 11.4 Å². The van der Waals surface area contributed by atoms with Gasteiger partial charge >= 0.3 is 5.97 Å². The lowest BCUT2D eigenvalue weighted by Crippen LogP contribution is -2.24. The van der Waals surface area contributed by atoms with Gasteiger partial charge in [-0.3, -0.25) is 9.78 Å². The Balaban J connectivity index is 2.11. The molecule has 1 aromatic carbocycles. The van der Waals surface area contributed by atoms with Crippen LogP contribution in [0.2, 0.25) is 5.02 Å². The molecule has 1 amide bonds. The molecule has 1 aromatic heterocycles. The molecule has 138 valence electrons. The predicted octanol–water partition coefficient (Wildman–Crippen LogP) is 4.19. The Labute approximate surface area is 157 Å². The molecule has 6 nitrogen and oxygen atoms in total. The summed E-state index contributed by atoms with van der Waals surface area (Å²) in [6.45, 7) is 2.75. The SMILES string of the molecule is CCCCCNC(=O)c1cncc(Nc2cc(C(=O)OC)ccc2Cl)c1. The van der Waals surface area contributed by atoms with Crippen molar-refractivity contribution in [2.45, 2.75) is 26.2 Å². The Bertz CT molecular complexity index is 780. The number of benzene rings is 1. The normalized spacial score (nSPS) is 10.3. The first kappa shape index (κ1) is 19.7. The monoisotopic (exact) mass is 375 g/mol. The first-order valence-corrected chi connectivity index (χ1v) is 8.81. The van der Waals surface area contributed by atoms with E-state index >= 15 is 0 Å². The van der Waals surface area contributed by atoms with Crippen molar-refractivity contribution in [1.82, 2.24) is 10.3 Å². The van der Waals surface area contributed by atoms with E-state index in [-0.39, 0.29) is 5.91 Å². The zero-order chi connectivity index (χ0) is 18.9. The minimum Gasteiger partial charge on any atom is -0.465 e. The van der Waals surface area contributed by atoms with Crippen LogP contribution in [0.15, 0.2) is 36.7 Å². The molecule has 0 aliphatic carbocycles. The van der Waals surface area contributed by atoms with E-state index in [1.807, 2.05) is 0 Å². The lowest BCUT2D eigenvalue weighted by molar-refractivity contribution is 0.0600. The molecule has 0 unspecified atom stereocenters. The number of amides is 1. The summed E-state index contributed by atoms with van der Waals surface area (Å²) < 4.78 is 4.71. The summed E-state index contributed by atoms with van der Waals surface area (Å²) in [6.07, 6.45) is 6.21. The maximum Gasteiger partial charge on any atom is 0.337 e. The first-order valence-electron chi connectivity index (χ1n) is 8.43. The molecule has 0 aliphatic heterocycles. The van der Waals surface area contributed by atoms with E-state index in [4.69, 9.17) is 16.3 Å². The number of pyridine rings is 1. The molecule has 1 heterocycles. The number of carbonyl (C=O) groups excluding carboxylic acids is 2. The Morgan fingerprint density at radius 1 is 1.15 bits per heavy atom. The quantitative estimate of drug-likeness (QED) is 0.534. The molecule has 0 radical (unpaired) electrons. The summed E-state index contributed by atoms with van der Waals surface area (Å²) in [6, 6.07) is 6.46. The van der Waals surface area contributed by atoms with Crippen LogP contribution < -0.4 is 10.6 Å². The van der Waals surface area contributed by atoms with Crippen molar-refractivity contribution < 1.29 is 14.3 Å². The first-order chi connectivity index (χ1) is 12.5. The summed E-state index contributed by atoms with van der Waals surface area (Å²) in [5.41, 5.74) is 1.94. The van der Waals surface area contributed by atoms with Crippen molar-refractivity contribution in [2.24, 2.45) is 0 Å². The average Bonchev–Trinajstić information content (AvgIpc) is 2.66. The van der Waals surface area contributed by atoms with Gasteiger partial charge < -0.3 is 15.4 Å². The summed E-state index contributed by atoms with van der Waals surface area (Å²) >= 11 is 6.18. The number of nitrogens with one attached hydrogen (secondary N) is 2. The third-order valence-electron chi connectivity index (χ3n) is 3.73. The number of hydrogen-bond donors (Lipinski definition) is 2. The van der Waals surface area contributed by atoms with Gasteiger partial charge in [0.2, 0.25) is 0 Å². The summed E-state index contributed by atoms with van der Waals surface area (Å²) in [5, 5.41) is 6.39. The molecular formula is C19H22ClN3O3. The fourth-order valence-corrected chi connectivity index (χ4v) is 2.50. The Morgan fingerprint density at radius 2 is 1.96 bits per heavy atom. The molecule has 26 heavy (non-hydrogen) atoms. The summed E-state index contributed by atoms with van der Waals surface area (Å²) in [5.74, 6) is -0.630. The number of hydrogen-bond acceptors (Lipinski definition) is 5. The highest BCUT2D eigenvalue weighted by molar-refractivity contribution is 6.33. The van der Waals surface area contributed by atoms with E-state index in [1.165, 1.54) is 13.3 Å². The molecule has 0 fully saturated rings. The van der Waals surface area contributed by atoms with Crippen LogP contribution in [0.1, 0.15) is 46.9 Å². The van der Waals surface area contributed by atoms with Gasteiger partial charge in [0.1, 0.15) is 0 Å². The van der Waals surface area contributed by atoms with Gasteiger partial charge in [-0.05, 0) is 30.7 Å². The predicted molar refractivity (Wildman–Crippen MR) is 102 cm³/mol. The summed E-state index contributed by atoms with van der Waals surface area (Å²) in [7, 11) is 1.32. The molecule has 0 aliphatic rings. The van der Waals surface area contributed by atoms with Crippen LogP contribution in [-0.2, 0) is 4.74 Å². The van der Waals surface area contributed by atoms with Gasteiger partial charge in [0, 0.05) is 12.7 Å². The van der Waals surface area contributed by atoms with E-state index in [0.29, 0.717) is 34.1 Å². The second kappa shape index (κ2) is 9.77. The Morgan fingerprint density at radius 3 is 2.69 bits per heavy atom. The van der Waals surface area contributed by atoms with Crippen LogP contribution in [0.5, 0.6) is 0 Å². The van der Waals surface area contributed by atoms with Crippen LogP contribution in [0.25, 0.3) is 0 Å². The number of unbranched alkanes of at least 4 members (excludes halogenated alkanes) is 2. The highest BCUT2D eigenvalue weighted by Gasteiger charge is 2.11. The number of esters is 1. The van der Waals surface area contributed by atoms with Gasteiger partial charge in [0.15, 0.2) is 0 Å². The van der Waals surface area contributed by atoms with E-state index in [1.54, 1.807) is 30.5 Å². The Kier molecular flexibility index (Phi) is 7.41. The van der Waals surface area contributed by atoms with Crippen molar-refractivity contribution in [3.63, 3.8) is 0 Å². The molecule has 2 N–H and O–H groups in total. The number of rotatable bonds is 8. The van der Waals surface area contributed by atoms with Gasteiger partial charge in [0.05, 0.1) is 40.8 Å². The third-order valence-corrected chi connectivity index (χ3v) is 4.06. The van der Waals surface area contributed by atoms with Crippen molar-refractivity contribution in [2.75, 3.05) is 19.0 Å². The number of nitrogens with zero attached hydrogens (tertiary/aromatic N) is 1. The van der Waals surface area contributed by atoms with Crippen LogP contribution in [-0.4, -0.2) is 30.5 Å². The van der Waals surface area contributed by atoms with Crippen molar-refractivity contribution in [3.8, 4) is 0 Å². The number of aromatic nitrogens is 1. The molecule has 2 aromatic rings. The van der Waals surface area contributed by atoms with Gasteiger partial charge in [0.25, 0.3) is 5.91 Å². The fraction of sp³-hybridized carbons (Fsp3) is 0.316. The van der Waals surface area contributed by atoms with Crippen LogP contribution in [0, 0.1) is 0 Å². The molecule has 0 spiro atoms. The second-order valence-corrected chi connectivity index (χ2v) is 6.14. The molecule has 2 rings (SSSR count). The van der Waals surface area contributed by atoms with Crippen LogP contribution in [0.3, 0.4) is 0 Å². The standard InChI is InChI=1S/C19H22ClN3O3/c1-3-4-5-8-22-18(24)14-9-15(12-21-11-14)23-17-10-13(19(25)26-2)6-7-16(17)20/h6-7,9-12,23H,3-5,8H2,1-2H3,(H,22,24). The van der Waals surface area contributed by atoms with E-state index in [9.17, 15) is 9.59 Å². The molecule has 0 atom stereocenters. The van der Waals surface area contributed by atoms with Gasteiger partial charge in [-0.2, -0.15) is 0 Å². The third kappa shape index (κ3) is 5.46. The highest BCUT2D eigenvalue weighted by atomic mass is 35.5. The number of methoxy groups -OCH3 is 1. The molecular weight excluding hydrogens is 354 g/mol. The maximum atomic E-state index is 12.2. The molecule has 0 saturated heterocycles. The summed E-state index contributed by atoms with van der Waals surface area (Å²) in [4.78, 5) is 27.9. The number of halogens is 1. The van der Waals surface area contributed by atoms with E-state index in [2.05, 4.69) is 22.5 Å². The minimum atomic E-state index is -0.456.